The Labute approximate surface area is 191 Å². The number of ether oxygens (including phenoxy) is 2. The number of benzene rings is 2. The van der Waals surface area contributed by atoms with Gasteiger partial charge in [-0.15, -0.1) is 0 Å². The zero-order chi connectivity index (χ0) is 23.7. The van der Waals surface area contributed by atoms with E-state index < -0.39 is 11.9 Å². The van der Waals surface area contributed by atoms with Crippen LogP contribution in [0.3, 0.4) is 0 Å². The standard InChI is InChI=1S/C28H32O4/c1-7-19(5)27(21-11-15-23(16-12-21)31-25(29)9-3)28(20(6)8-2)22-13-17-24(18-14-22)32-26(30)10-4/h9-20H,3-4,7-8H2,1-2,5-6H3/b28-27+. The molecule has 0 saturated carbocycles. The molecule has 32 heavy (non-hydrogen) atoms. The van der Waals surface area contributed by atoms with E-state index in [1.54, 1.807) is 0 Å². The van der Waals surface area contributed by atoms with Crippen LogP contribution < -0.4 is 9.47 Å². The van der Waals surface area contributed by atoms with Gasteiger partial charge in [-0.3, -0.25) is 0 Å². The van der Waals surface area contributed by atoms with Crippen LogP contribution >= 0.6 is 0 Å². The molecule has 0 aliphatic rings. The summed E-state index contributed by atoms with van der Waals surface area (Å²) >= 11 is 0. The number of esters is 2. The van der Waals surface area contributed by atoms with Gasteiger partial charge < -0.3 is 9.47 Å². The van der Waals surface area contributed by atoms with E-state index in [1.165, 1.54) is 11.1 Å². The summed E-state index contributed by atoms with van der Waals surface area (Å²) in [7, 11) is 0. The second-order valence-electron chi connectivity index (χ2n) is 7.75. The molecule has 0 aromatic heterocycles. The lowest BCUT2D eigenvalue weighted by Crippen LogP contribution is -2.08. The smallest absolute Gasteiger partial charge is 0.335 e. The summed E-state index contributed by atoms with van der Waals surface area (Å²) in [4.78, 5) is 23.0. The molecule has 2 aromatic rings. The largest absolute Gasteiger partial charge is 0.423 e. The molecule has 0 aliphatic heterocycles. The maximum atomic E-state index is 11.5. The van der Waals surface area contributed by atoms with Gasteiger partial charge in [-0.25, -0.2) is 9.59 Å². The predicted octanol–water partition coefficient (Wildman–Crippen LogP) is 6.87. The molecule has 2 rings (SSSR count). The molecule has 0 fully saturated rings. The van der Waals surface area contributed by atoms with Crippen LogP contribution in [0, 0.1) is 11.8 Å². The van der Waals surface area contributed by atoms with Crippen LogP contribution in [0.25, 0.3) is 11.1 Å². The summed E-state index contributed by atoms with van der Waals surface area (Å²) in [5, 5.41) is 0. The number of carbonyl (C=O) groups excluding carboxylic acids is 2. The molecule has 4 nitrogen and oxygen atoms in total. The van der Waals surface area contributed by atoms with Crippen molar-refractivity contribution in [1.82, 2.24) is 0 Å². The summed E-state index contributed by atoms with van der Waals surface area (Å²) in [5.41, 5.74) is 4.71. The minimum Gasteiger partial charge on any atom is -0.423 e. The van der Waals surface area contributed by atoms with Gasteiger partial charge in [-0.1, -0.05) is 65.1 Å². The van der Waals surface area contributed by atoms with Crippen molar-refractivity contribution >= 4 is 23.1 Å². The maximum absolute atomic E-state index is 11.5. The Balaban J connectivity index is 2.57. The third kappa shape index (κ3) is 6.30. The van der Waals surface area contributed by atoms with Crippen molar-refractivity contribution in [3.05, 3.63) is 85.0 Å². The molecule has 4 heteroatoms. The number of hydrogen-bond acceptors (Lipinski definition) is 4. The topological polar surface area (TPSA) is 52.6 Å². The quantitative estimate of drug-likeness (QED) is 0.178. The molecule has 0 radical (unpaired) electrons. The van der Waals surface area contributed by atoms with Gasteiger partial charge in [-0.2, -0.15) is 0 Å². The third-order valence-corrected chi connectivity index (χ3v) is 5.60. The first-order chi connectivity index (χ1) is 15.3. The van der Waals surface area contributed by atoms with E-state index in [9.17, 15) is 9.59 Å². The molecule has 0 spiro atoms. The Morgan fingerprint density at radius 3 is 1.28 bits per heavy atom. The van der Waals surface area contributed by atoms with Crippen molar-refractivity contribution in [2.75, 3.05) is 0 Å². The zero-order valence-corrected chi connectivity index (χ0v) is 19.4. The monoisotopic (exact) mass is 432 g/mol. The SMILES string of the molecule is C=CC(=O)Oc1ccc(/C(=C(/c2ccc(OC(=O)C=C)cc2)C(C)CC)C(C)CC)cc1. The average Bonchev–Trinajstić information content (AvgIpc) is 2.82. The molecule has 0 bridgehead atoms. The molecule has 0 amide bonds. The normalized spacial score (nSPS) is 13.4. The summed E-state index contributed by atoms with van der Waals surface area (Å²) < 4.78 is 10.5. The highest BCUT2D eigenvalue weighted by atomic mass is 16.5. The van der Waals surface area contributed by atoms with E-state index in [2.05, 4.69) is 40.9 Å². The molecule has 168 valence electrons. The molecular formula is C28H32O4. The highest BCUT2D eigenvalue weighted by Gasteiger charge is 2.21. The molecule has 0 saturated heterocycles. The second-order valence-corrected chi connectivity index (χ2v) is 7.75. The second kappa shape index (κ2) is 11.8. The fraction of sp³-hybridized carbons (Fsp3) is 0.286. The van der Waals surface area contributed by atoms with Gasteiger partial charge in [-0.05, 0) is 71.2 Å². The summed E-state index contributed by atoms with van der Waals surface area (Å²) in [5.74, 6) is 0.653. The first-order valence-electron chi connectivity index (χ1n) is 11.0. The van der Waals surface area contributed by atoms with Crippen LogP contribution in [0.4, 0.5) is 0 Å². The van der Waals surface area contributed by atoms with Crippen molar-refractivity contribution in [1.29, 1.82) is 0 Å². The van der Waals surface area contributed by atoms with Crippen molar-refractivity contribution < 1.29 is 19.1 Å². The summed E-state index contributed by atoms with van der Waals surface area (Å²) in [6, 6.07) is 15.2. The zero-order valence-electron chi connectivity index (χ0n) is 19.4. The van der Waals surface area contributed by atoms with E-state index in [-0.39, 0.29) is 0 Å². The van der Waals surface area contributed by atoms with Gasteiger partial charge in [0.25, 0.3) is 0 Å². The third-order valence-electron chi connectivity index (χ3n) is 5.60. The summed E-state index contributed by atoms with van der Waals surface area (Å²) in [6.45, 7) is 15.7. The average molecular weight is 433 g/mol. The van der Waals surface area contributed by atoms with Crippen LogP contribution in [0.1, 0.15) is 51.7 Å². The first-order valence-corrected chi connectivity index (χ1v) is 11.0. The van der Waals surface area contributed by atoms with Crippen LogP contribution in [-0.4, -0.2) is 11.9 Å². The Kier molecular flexibility index (Phi) is 9.21. The molecular weight excluding hydrogens is 400 g/mol. The van der Waals surface area contributed by atoms with Gasteiger partial charge in [0, 0.05) is 12.2 Å². The van der Waals surface area contributed by atoms with E-state index in [4.69, 9.17) is 9.47 Å². The summed E-state index contributed by atoms with van der Waals surface area (Å²) in [6.07, 6.45) is 4.26. The van der Waals surface area contributed by atoms with Crippen LogP contribution in [-0.2, 0) is 9.59 Å². The molecule has 0 N–H and O–H groups in total. The lowest BCUT2D eigenvalue weighted by molar-refractivity contribution is -0.129. The number of rotatable bonds is 10. The predicted molar refractivity (Wildman–Crippen MR) is 130 cm³/mol. The van der Waals surface area contributed by atoms with Gasteiger partial charge in [0.15, 0.2) is 0 Å². The first kappa shape index (κ1) is 24.9. The molecule has 0 aliphatic carbocycles. The Morgan fingerprint density at radius 1 is 0.719 bits per heavy atom. The van der Waals surface area contributed by atoms with Gasteiger partial charge in [0.2, 0.25) is 0 Å². The number of carbonyl (C=O) groups is 2. The van der Waals surface area contributed by atoms with Crippen LogP contribution in [0.15, 0.2) is 73.8 Å². The highest BCUT2D eigenvalue weighted by Crippen LogP contribution is 2.40. The Morgan fingerprint density at radius 2 is 1.03 bits per heavy atom. The van der Waals surface area contributed by atoms with Crippen molar-refractivity contribution in [3.8, 4) is 11.5 Å². The van der Waals surface area contributed by atoms with E-state index >= 15 is 0 Å². The lowest BCUT2D eigenvalue weighted by atomic mass is 9.79. The Bertz CT molecular complexity index is 900. The molecule has 2 unspecified atom stereocenters. The van der Waals surface area contributed by atoms with E-state index in [1.807, 2.05) is 48.5 Å². The van der Waals surface area contributed by atoms with Gasteiger partial charge >= 0.3 is 11.9 Å². The van der Waals surface area contributed by atoms with Crippen molar-refractivity contribution in [2.24, 2.45) is 11.8 Å². The van der Waals surface area contributed by atoms with Crippen molar-refractivity contribution in [3.63, 3.8) is 0 Å². The fourth-order valence-corrected chi connectivity index (χ4v) is 3.54. The number of allylic oxidation sites excluding steroid dienone is 2. The number of hydrogen-bond donors (Lipinski definition) is 0. The molecule has 2 aromatic carbocycles. The van der Waals surface area contributed by atoms with Gasteiger partial charge in [0.05, 0.1) is 0 Å². The van der Waals surface area contributed by atoms with Gasteiger partial charge in [0.1, 0.15) is 11.5 Å². The lowest BCUT2D eigenvalue weighted by Gasteiger charge is -2.25. The van der Waals surface area contributed by atoms with E-state index in [0.29, 0.717) is 23.3 Å². The Hall–Kier alpha value is -3.40. The van der Waals surface area contributed by atoms with Crippen LogP contribution in [0.2, 0.25) is 0 Å². The van der Waals surface area contributed by atoms with Crippen molar-refractivity contribution in [2.45, 2.75) is 40.5 Å². The minimum atomic E-state index is -0.479. The van der Waals surface area contributed by atoms with Crippen LogP contribution in [0.5, 0.6) is 11.5 Å². The maximum Gasteiger partial charge on any atom is 0.335 e. The fourth-order valence-electron chi connectivity index (χ4n) is 3.54. The molecule has 2 atom stereocenters. The molecule has 0 heterocycles. The highest BCUT2D eigenvalue weighted by molar-refractivity contribution is 5.93. The van der Waals surface area contributed by atoms with E-state index in [0.717, 1.165) is 36.1 Å². The minimum absolute atomic E-state index is 0.318.